The number of esters is 1. The van der Waals surface area contributed by atoms with Gasteiger partial charge in [0.2, 0.25) is 0 Å². The fraction of sp³-hybridized carbons (Fsp3) is 0.206. The van der Waals surface area contributed by atoms with Gasteiger partial charge in [-0.3, -0.25) is 4.79 Å². The number of fused-ring (bicyclic) bond motifs is 6. The van der Waals surface area contributed by atoms with Crippen molar-refractivity contribution in [2.24, 2.45) is 5.41 Å². The summed E-state index contributed by atoms with van der Waals surface area (Å²) in [5.74, 6) is -2.14. The minimum absolute atomic E-state index is 0.00331. The maximum absolute atomic E-state index is 12.7. The van der Waals surface area contributed by atoms with Gasteiger partial charge in [0.1, 0.15) is 23.0 Å². The van der Waals surface area contributed by atoms with E-state index >= 15 is 0 Å². The number of carbonyl (C=O) groups is 3. The number of carboxylic acids is 2. The van der Waals surface area contributed by atoms with Crippen LogP contribution in [0.15, 0.2) is 84.9 Å². The highest BCUT2D eigenvalue weighted by Gasteiger charge is 2.53. The van der Waals surface area contributed by atoms with Crippen LogP contribution in [0, 0.1) is 5.41 Å². The van der Waals surface area contributed by atoms with E-state index < -0.39 is 28.9 Å². The van der Waals surface area contributed by atoms with E-state index in [0.29, 0.717) is 23.2 Å². The van der Waals surface area contributed by atoms with Gasteiger partial charge < -0.3 is 34.8 Å². The summed E-state index contributed by atoms with van der Waals surface area (Å²) in [7, 11) is 1.94. The minimum Gasteiger partial charge on any atom is -0.508 e. The number of aliphatic carboxylic acids is 1. The van der Waals surface area contributed by atoms with Crippen molar-refractivity contribution in [1.82, 2.24) is 4.90 Å². The number of carbonyl (C=O) groups excluding carboxylic acids is 1. The summed E-state index contributed by atoms with van der Waals surface area (Å²) in [5.41, 5.74) is 0.529. The molecule has 0 aromatic heterocycles. The Morgan fingerprint density at radius 3 is 1.95 bits per heavy atom. The standard InChI is InChI=1S/C21H12O7.C13H19NO2/c22-11-2-5-14-17(8-11)27-18-9-12(23)3-6-15(18)21(14)16-7-10(19(24)25)1-4-13(16)20(26)28-21;1-13(2,12(15)16)10-14(3)9-11-7-5-4-6-8-11/h1-9,22-23H,(H,24,25);4-8H,9-10H2,1-3H3,(H,15,16). The van der Waals surface area contributed by atoms with Crippen molar-refractivity contribution in [3.05, 3.63) is 118 Å². The molecule has 10 heteroatoms. The zero-order chi connectivity index (χ0) is 31.8. The van der Waals surface area contributed by atoms with Crippen LogP contribution in [0.5, 0.6) is 23.0 Å². The summed E-state index contributed by atoms with van der Waals surface area (Å²) in [6.07, 6.45) is 0. The topological polar surface area (TPSA) is 154 Å². The van der Waals surface area contributed by atoms with Gasteiger partial charge in [-0.25, -0.2) is 9.59 Å². The summed E-state index contributed by atoms with van der Waals surface area (Å²) in [4.78, 5) is 37.2. The molecule has 0 radical (unpaired) electrons. The summed E-state index contributed by atoms with van der Waals surface area (Å²) in [5, 5.41) is 38.2. The molecule has 2 heterocycles. The Morgan fingerprint density at radius 2 is 1.41 bits per heavy atom. The van der Waals surface area contributed by atoms with Crippen LogP contribution in [0.4, 0.5) is 0 Å². The molecule has 4 aromatic rings. The molecule has 0 atom stereocenters. The zero-order valence-corrected chi connectivity index (χ0v) is 24.3. The van der Waals surface area contributed by atoms with Crippen LogP contribution in [-0.4, -0.2) is 56.8 Å². The highest BCUT2D eigenvalue weighted by atomic mass is 16.6. The van der Waals surface area contributed by atoms with Crippen LogP contribution < -0.4 is 4.74 Å². The van der Waals surface area contributed by atoms with Gasteiger partial charge in [-0.15, -0.1) is 0 Å². The number of aromatic carboxylic acids is 1. The SMILES string of the molecule is CN(Cc1ccccc1)CC(C)(C)C(=O)O.O=C(O)c1ccc2c(c1)C1(OC2=O)c2ccc(O)cc2Oc2cc(O)ccc21. The molecule has 0 fully saturated rings. The number of hydrogen-bond donors (Lipinski definition) is 4. The number of aromatic hydroxyl groups is 2. The average Bonchev–Trinajstić information content (AvgIpc) is 3.25. The van der Waals surface area contributed by atoms with E-state index in [1.54, 1.807) is 26.0 Å². The maximum Gasteiger partial charge on any atom is 0.340 e. The molecule has 44 heavy (non-hydrogen) atoms. The molecule has 226 valence electrons. The molecule has 0 bridgehead atoms. The van der Waals surface area contributed by atoms with E-state index in [1.807, 2.05) is 42.3 Å². The molecule has 0 amide bonds. The third-order valence-corrected chi connectivity index (χ3v) is 7.56. The van der Waals surface area contributed by atoms with Gasteiger partial charge >= 0.3 is 17.9 Å². The van der Waals surface area contributed by atoms with Crippen LogP contribution in [0.3, 0.4) is 0 Å². The molecule has 2 aliphatic heterocycles. The first-order valence-electron chi connectivity index (χ1n) is 13.7. The molecule has 4 aromatic carbocycles. The van der Waals surface area contributed by atoms with Crippen LogP contribution in [0.1, 0.15) is 56.8 Å². The van der Waals surface area contributed by atoms with Crippen molar-refractivity contribution in [3.8, 4) is 23.0 Å². The molecular weight excluding hydrogens is 566 g/mol. The second-order valence-electron chi connectivity index (χ2n) is 11.4. The number of phenols is 2. The van der Waals surface area contributed by atoms with Crippen molar-refractivity contribution < 1.29 is 44.3 Å². The monoisotopic (exact) mass is 597 g/mol. The third kappa shape index (κ3) is 5.55. The first kappa shape index (κ1) is 30.1. The van der Waals surface area contributed by atoms with E-state index in [4.69, 9.17) is 14.6 Å². The lowest BCUT2D eigenvalue weighted by molar-refractivity contribution is -0.147. The van der Waals surface area contributed by atoms with E-state index in [-0.39, 0.29) is 34.1 Å². The number of ether oxygens (including phenoxy) is 2. The van der Waals surface area contributed by atoms with Crippen molar-refractivity contribution in [1.29, 1.82) is 0 Å². The highest BCUT2D eigenvalue weighted by molar-refractivity contribution is 5.99. The first-order chi connectivity index (χ1) is 20.8. The summed E-state index contributed by atoms with van der Waals surface area (Å²) in [6.45, 7) is 4.81. The van der Waals surface area contributed by atoms with Gasteiger partial charge in [-0.05, 0) is 68.9 Å². The van der Waals surface area contributed by atoms with Gasteiger partial charge in [-0.1, -0.05) is 30.3 Å². The Kier molecular flexibility index (Phi) is 7.79. The number of phenolic OH excluding ortho intramolecular Hbond substituents is 2. The molecule has 0 saturated carbocycles. The summed E-state index contributed by atoms with van der Waals surface area (Å²) >= 11 is 0. The van der Waals surface area contributed by atoms with Crippen LogP contribution >= 0.6 is 0 Å². The van der Waals surface area contributed by atoms with Crippen molar-refractivity contribution >= 4 is 17.9 Å². The lowest BCUT2D eigenvalue weighted by atomic mass is 9.77. The highest BCUT2D eigenvalue weighted by Crippen LogP contribution is 2.57. The molecule has 2 aliphatic rings. The fourth-order valence-electron chi connectivity index (χ4n) is 5.53. The first-order valence-corrected chi connectivity index (χ1v) is 13.7. The van der Waals surface area contributed by atoms with Gasteiger partial charge in [0.15, 0.2) is 5.60 Å². The predicted molar refractivity (Wildman–Crippen MR) is 159 cm³/mol. The molecule has 4 N–H and O–H groups in total. The summed E-state index contributed by atoms with van der Waals surface area (Å²) < 4.78 is 11.7. The fourth-order valence-corrected chi connectivity index (χ4v) is 5.53. The molecule has 6 rings (SSSR count). The van der Waals surface area contributed by atoms with E-state index in [9.17, 15) is 29.7 Å². The number of hydrogen-bond acceptors (Lipinski definition) is 8. The lowest BCUT2D eigenvalue weighted by Crippen LogP contribution is -2.36. The number of carboxylic acid groups (broad SMARTS) is 2. The largest absolute Gasteiger partial charge is 0.508 e. The molecule has 10 nitrogen and oxygen atoms in total. The van der Waals surface area contributed by atoms with E-state index in [1.165, 1.54) is 48.0 Å². The predicted octanol–water partition coefficient (Wildman–Crippen LogP) is 5.59. The van der Waals surface area contributed by atoms with E-state index in [0.717, 1.165) is 6.54 Å². The van der Waals surface area contributed by atoms with Gasteiger partial charge in [-0.2, -0.15) is 0 Å². The van der Waals surface area contributed by atoms with Gasteiger partial charge in [0, 0.05) is 41.9 Å². The second-order valence-corrected chi connectivity index (χ2v) is 11.4. The van der Waals surface area contributed by atoms with Crippen molar-refractivity contribution in [2.75, 3.05) is 13.6 Å². The van der Waals surface area contributed by atoms with Gasteiger partial charge in [0.25, 0.3) is 0 Å². The second kappa shape index (κ2) is 11.4. The summed E-state index contributed by atoms with van der Waals surface area (Å²) in [6, 6.07) is 23.0. The van der Waals surface area contributed by atoms with E-state index in [2.05, 4.69) is 0 Å². The Balaban J connectivity index is 0.000000206. The normalized spacial score (nSPS) is 14.0. The average molecular weight is 598 g/mol. The molecule has 0 aliphatic carbocycles. The molecule has 1 spiro atoms. The number of benzene rings is 4. The Morgan fingerprint density at radius 1 is 0.818 bits per heavy atom. The van der Waals surface area contributed by atoms with Crippen LogP contribution in [0.2, 0.25) is 0 Å². The Labute approximate surface area is 253 Å². The molecule has 0 saturated heterocycles. The van der Waals surface area contributed by atoms with Crippen LogP contribution in [-0.2, 0) is 21.7 Å². The zero-order valence-electron chi connectivity index (χ0n) is 24.3. The number of rotatable bonds is 6. The van der Waals surface area contributed by atoms with Crippen molar-refractivity contribution in [3.63, 3.8) is 0 Å². The quantitative estimate of drug-likeness (QED) is 0.207. The third-order valence-electron chi connectivity index (χ3n) is 7.56. The molecule has 0 unspecified atom stereocenters. The maximum atomic E-state index is 12.7. The lowest BCUT2D eigenvalue weighted by Gasteiger charge is -2.36. The van der Waals surface area contributed by atoms with Crippen molar-refractivity contribution in [2.45, 2.75) is 26.0 Å². The smallest absolute Gasteiger partial charge is 0.340 e. The number of nitrogens with zero attached hydrogens (tertiary/aromatic N) is 1. The van der Waals surface area contributed by atoms with Gasteiger partial charge in [0.05, 0.1) is 16.5 Å². The minimum atomic E-state index is -1.46. The van der Waals surface area contributed by atoms with Crippen LogP contribution in [0.25, 0.3) is 0 Å². The Bertz CT molecular complexity index is 1710. The molecular formula is C34H31NO9. The Hall–Kier alpha value is -5.35.